The van der Waals surface area contributed by atoms with Gasteiger partial charge in [0, 0.05) is 12.1 Å². The second kappa shape index (κ2) is 5.11. The molecule has 4 fully saturated rings. The summed E-state index contributed by atoms with van der Waals surface area (Å²) in [4.78, 5) is 12.5. The van der Waals surface area contributed by atoms with Gasteiger partial charge < -0.3 is 5.32 Å². The molecule has 1 amide bonds. The first-order chi connectivity index (χ1) is 10.5. The summed E-state index contributed by atoms with van der Waals surface area (Å²) in [6.45, 7) is 5.06. The number of hydrogen-bond donors (Lipinski definition) is 1. The third kappa shape index (κ3) is 2.47. The molecule has 0 atom stereocenters. The van der Waals surface area contributed by atoms with Crippen LogP contribution in [0.2, 0.25) is 0 Å². The number of amides is 1. The maximum absolute atomic E-state index is 12.5. The van der Waals surface area contributed by atoms with E-state index in [-0.39, 0.29) is 5.91 Å². The molecule has 1 aromatic carbocycles. The molecular formula is C20H27NO. The van der Waals surface area contributed by atoms with Crippen LogP contribution in [-0.2, 0) is 0 Å². The van der Waals surface area contributed by atoms with Crippen molar-refractivity contribution < 1.29 is 4.79 Å². The van der Waals surface area contributed by atoms with Crippen LogP contribution in [0.3, 0.4) is 0 Å². The van der Waals surface area contributed by atoms with E-state index in [9.17, 15) is 4.79 Å². The summed E-state index contributed by atoms with van der Waals surface area (Å²) >= 11 is 0. The van der Waals surface area contributed by atoms with Crippen molar-refractivity contribution in [2.45, 2.75) is 52.4 Å². The molecule has 2 heteroatoms. The lowest BCUT2D eigenvalue weighted by molar-refractivity contribution is -0.0503. The third-order valence-electron chi connectivity index (χ3n) is 6.56. The standard InChI is InChI=1S/C20H27NO/c1-13-3-4-18(5-14(13)2)19(22)21-12-20-9-15-6-16(10-20)8-17(7-15)11-20/h3-5,15-17H,6-12H2,1-2H3,(H,21,22). The van der Waals surface area contributed by atoms with Crippen LogP contribution in [0.1, 0.15) is 60.0 Å². The highest BCUT2D eigenvalue weighted by Crippen LogP contribution is 2.59. The van der Waals surface area contributed by atoms with E-state index in [4.69, 9.17) is 0 Å². The molecular weight excluding hydrogens is 270 g/mol. The quantitative estimate of drug-likeness (QED) is 0.888. The summed E-state index contributed by atoms with van der Waals surface area (Å²) < 4.78 is 0. The van der Waals surface area contributed by atoms with E-state index >= 15 is 0 Å². The fraction of sp³-hybridized carbons (Fsp3) is 0.650. The highest BCUT2D eigenvalue weighted by atomic mass is 16.1. The Labute approximate surface area is 133 Å². The van der Waals surface area contributed by atoms with Crippen LogP contribution in [0.25, 0.3) is 0 Å². The molecule has 4 bridgehead atoms. The molecule has 1 aromatic rings. The Bertz CT molecular complexity index is 568. The summed E-state index contributed by atoms with van der Waals surface area (Å²) in [6, 6.07) is 6.02. The minimum atomic E-state index is 0.110. The number of carbonyl (C=O) groups excluding carboxylic acids is 1. The van der Waals surface area contributed by atoms with E-state index < -0.39 is 0 Å². The predicted molar refractivity (Wildman–Crippen MR) is 88.9 cm³/mol. The first-order valence-electron chi connectivity index (χ1n) is 8.88. The summed E-state index contributed by atoms with van der Waals surface area (Å²) in [5, 5.41) is 3.26. The SMILES string of the molecule is Cc1ccc(C(=O)NCC23CC4CC(CC(C4)C2)C3)cc1C. The van der Waals surface area contributed by atoms with Crippen LogP contribution in [0.5, 0.6) is 0 Å². The Morgan fingerprint density at radius 2 is 1.64 bits per heavy atom. The molecule has 2 nitrogen and oxygen atoms in total. The van der Waals surface area contributed by atoms with Crippen LogP contribution in [0.15, 0.2) is 18.2 Å². The second-order valence-corrected chi connectivity index (χ2v) is 8.40. The lowest BCUT2D eigenvalue weighted by Gasteiger charge is -2.56. The zero-order valence-corrected chi connectivity index (χ0v) is 13.8. The van der Waals surface area contributed by atoms with Crippen molar-refractivity contribution in [3.05, 3.63) is 34.9 Å². The number of aryl methyl sites for hydroxylation is 2. The predicted octanol–water partition coefficient (Wildman–Crippen LogP) is 4.25. The molecule has 4 aliphatic carbocycles. The zero-order chi connectivity index (χ0) is 15.3. The van der Waals surface area contributed by atoms with Gasteiger partial charge in [-0.05, 0) is 98.8 Å². The third-order valence-corrected chi connectivity index (χ3v) is 6.56. The fourth-order valence-electron chi connectivity index (χ4n) is 5.76. The summed E-state index contributed by atoms with van der Waals surface area (Å²) in [5.41, 5.74) is 3.68. The average molecular weight is 297 g/mol. The number of benzene rings is 1. The number of rotatable bonds is 3. The van der Waals surface area contributed by atoms with E-state index in [1.54, 1.807) is 0 Å². The monoisotopic (exact) mass is 297 g/mol. The highest BCUT2D eigenvalue weighted by Gasteiger charge is 2.50. The van der Waals surface area contributed by atoms with E-state index in [1.807, 2.05) is 12.1 Å². The van der Waals surface area contributed by atoms with Crippen molar-refractivity contribution in [1.29, 1.82) is 0 Å². The number of carbonyl (C=O) groups is 1. The maximum Gasteiger partial charge on any atom is 0.251 e. The van der Waals surface area contributed by atoms with E-state index in [0.717, 1.165) is 29.9 Å². The molecule has 0 aromatic heterocycles. The van der Waals surface area contributed by atoms with Gasteiger partial charge in [-0.2, -0.15) is 0 Å². The Balaban J connectivity index is 1.44. The zero-order valence-electron chi connectivity index (χ0n) is 13.8. The smallest absolute Gasteiger partial charge is 0.251 e. The van der Waals surface area contributed by atoms with E-state index in [0.29, 0.717) is 5.41 Å². The molecule has 0 saturated heterocycles. The molecule has 0 unspecified atom stereocenters. The van der Waals surface area contributed by atoms with Crippen molar-refractivity contribution in [3.63, 3.8) is 0 Å². The molecule has 4 saturated carbocycles. The van der Waals surface area contributed by atoms with Gasteiger partial charge in [0.15, 0.2) is 0 Å². The molecule has 118 valence electrons. The van der Waals surface area contributed by atoms with Gasteiger partial charge in [0.2, 0.25) is 0 Å². The Kier molecular flexibility index (Phi) is 3.32. The molecule has 4 aliphatic rings. The average Bonchev–Trinajstić information content (AvgIpc) is 2.46. The summed E-state index contributed by atoms with van der Waals surface area (Å²) in [6.07, 6.45) is 8.45. The molecule has 22 heavy (non-hydrogen) atoms. The van der Waals surface area contributed by atoms with Gasteiger partial charge in [-0.15, -0.1) is 0 Å². The van der Waals surface area contributed by atoms with Gasteiger partial charge in [-0.1, -0.05) is 6.07 Å². The van der Waals surface area contributed by atoms with Crippen molar-refractivity contribution in [3.8, 4) is 0 Å². The van der Waals surface area contributed by atoms with Gasteiger partial charge in [0.05, 0.1) is 0 Å². The lowest BCUT2D eigenvalue weighted by Crippen LogP contribution is -2.51. The Morgan fingerprint density at radius 1 is 1.05 bits per heavy atom. The van der Waals surface area contributed by atoms with Gasteiger partial charge in [0.25, 0.3) is 5.91 Å². The van der Waals surface area contributed by atoms with Crippen LogP contribution in [-0.4, -0.2) is 12.5 Å². The number of hydrogen-bond acceptors (Lipinski definition) is 1. The van der Waals surface area contributed by atoms with Crippen LogP contribution < -0.4 is 5.32 Å². The van der Waals surface area contributed by atoms with Gasteiger partial charge >= 0.3 is 0 Å². The normalized spacial score (nSPS) is 35.6. The van der Waals surface area contributed by atoms with Crippen molar-refractivity contribution >= 4 is 5.91 Å². The van der Waals surface area contributed by atoms with E-state index in [1.165, 1.54) is 49.7 Å². The topological polar surface area (TPSA) is 29.1 Å². The van der Waals surface area contributed by atoms with Crippen molar-refractivity contribution in [2.24, 2.45) is 23.2 Å². The van der Waals surface area contributed by atoms with Crippen molar-refractivity contribution in [2.75, 3.05) is 6.54 Å². The van der Waals surface area contributed by atoms with Crippen LogP contribution >= 0.6 is 0 Å². The molecule has 5 rings (SSSR count). The molecule has 0 spiro atoms. The summed E-state index contributed by atoms with van der Waals surface area (Å²) in [5.74, 6) is 2.96. The first-order valence-corrected chi connectivity index (χ1v) is 8.88. The van der Waals surface area contributed by atoms with Gasteiger partial charge in [0.1, 0.15) is 0 Å². The Morgan fingerprint density at radius 3 is 2.18 bits per heavy atom. The highest BCUT2D eigenvalue weighted by molar-refractivity contribution is 5.94. The van der Waals surface area contributed by atoms with Crippen molar-refractivity contribution in [1.82, 2.24) is 5.32 Å². The van der Waals surface area contributed by atoms with Gasteiger partial charge in [-0.25, -0.2) is 0 Å². The van der Waals surface area contributed by atoms with Crippen LogP contribution in [0, 0.1) is 37.0 Å². The molecule has 1 N–H and O–H groups in total. The maximum atomic E-state index is 12.5. The fourth-order valence-corrected chi connectivity index (χ4v) is 5.76. The first kappa shape index (κ1) is 14.3. The number of nitrogens with one attached hydrogen (secondary N) is 1. The summed E-state index contributed by atoms with van der Waals surface area (Å²) in [7, 11) is 0. The molecule has 0 aliphatic heterocycles. The largest absolute Gasteiger partial charge is 0.351 e. The second-order valence-electron chi connectivity index (χ2n) is 8.40. The van der Waals surface area contributed by atoms with Crippen LogP contribution in [0.4, 0.5) is 0 Å². The van der Waals surface area contributed by atoms with E-state index in [2.05, 4.69) is 25.2 Å². The van der Waals surface area contributed by atoms with Gasteiger partial charge in [-0.3, -0.25) is 4.79 Å². The molecule has 0 heterocycles. The molecule has 0 radical (unpaired) electrons. The minimum Gasteiger partial charge on any atom is -0.351 e. The Hall–Kier alpha value is -1.31. The lowest BCUT2D eigenvalue weighted by atomic mass is 9.49. The minimum absolute atomic E-state index is 0.110.